The van der Waals surface area contributed by atoms with E-state index in [1.807, 2.05) is 6.07 Å². The van der Waals surface area contributed by atoms with Gasteiger partial charge >= 0.3 is 0 Å². The maximum absolute atomic E-state index is 14.2. The second-order valence-electron chi connectivity index (χ2n) is 8.00. The highest BCUT2D eigenvalue weighted by Crippen LogP contribution is 2.26. The molecule has 0 N–H and O–H groups in total. The molecule has 7 heteroatoms. The van der Waals surface area contributed by atoms with Gasteiger partial charge in [0.2, 0.25) is 5.91 Å². The summed E-state index contributed by atoms with van der Waals surface area (Å²) in [6.07, 6.45) is 1.14. The van der Waals surface area contributed by atoms with Crippen molar-refractivity contribution in [3.05, 3.63) is 59.4 Å². The lowest BCUT2D eigenvalue weighted by molar-refractivity contribution is -0.120. The Morgan fingerprint density at radius 2 is 1.90 bits per heavy atom. The number of ether oxygens (including phenoxy) is 1. The van der Waals surface area contributed by atoms with Crippen LogP contribution in [0.3, 0.4) is 0 Å². The molecule has 31 heavy (non-hydrogen) atoms. The van der Waals surface area contributed by atoms with E-state index in [2.05, 4.69) is 28.0 Å². The molecule has 0 aromatic heterocycles. The lowest BCUT2D eigenvalue weighted by Crippen LogP contribution is -2.50. The van der Waals surface area contributed by atoms with Crippen molar-refractivity contribution in [2.45, 2.75) is 19.4 Å². The number of carbonyl (C=O) groups is 1. The second kappa shape index (κ2) is 9.90. The van der Waals surface area contributed by atoms with E-state index in [4.69, 9.17) is 10.00 Å². The smallest absolute Gasteiger partial charge is 0.241 e. The minimum absolute atomic E-state index is 0.166. The maximum atomic E-state index is 14.2. The van der Waals surface area contributed by atoms with Crippen LogP contribution in [0.15, 0.2) is 42.5 Å². The second-order valence-corrected chi connectivity index (χ2v) is 8.00. The van der Waals surface area contributed by atoms with E-state index in [1.165, 1.54) is 22.1 Å². The van der Waals surface area contributed by atoms with Crippen LogP contribution in [-0.4, -0.2) is 61.6 Å². The van der Waals surface area contributed by atoms with E-state index >= 15 is 0 Å². The van der Waals surface area contributed by atoms with E-state index in [1.54, 1.807) is 18.2 Å². The number of para-hydroxylation sites is 1. The standard InChI is InChI=1S/C24H27FN4O2/c25-21-4-1-2-5-22(21)29(10-3-9-26)24(30)18-28-13-11-27(12-14-28)17-19-6-7-23-20(16-19)8-15-31-23/h1-2,4-7,16H,3,8,10-15,17-18H2. The van der Waals surface area contributed by atoms with Crippen molar-refractivity contribution < 1.29 is 13.9 Å². The summed E-state index contributed by atoms with van der Waals surface area (Å²) < 4.78 is 19.8. The predicted molar refractivity (Wildman–Crippen MR) is 116 cm³/mol. The minimum Gasteiger partial charge on any atom is -0.493 e. The van der Waals surface area contributed by atoms with Gasteiger partial charge in [-0.25, -0.2) is 4.39 Å². The van der Waals surface area contributed by atoms with Crippen LogP contribution in [0.4, 0.5) is 10.1 Å². The number of nitriles is 1. The Hall–Kier alpha value is -2.95. The number of fused-ring (bicyclic) bond motifs is 1. The fourth-order valence-corrected chi connectivity index (χ4v) is 4.19. The third-order valence-electron chi connectivity index (χ3n) is 5.88. The highest BCUT2D eigenvalue weighted by Gasteiger charge is 2.24. The van der Waals surface area contributed by atoms with Crippen molar-refractivity contribution in [1.82, 2.24) is 9.80 Å². The number of piperazine rings is 1. The van der Waals surface area contributed by atoms with Crippen molar-refractivity contribution in [2.24, 2.45) is 0 Å². The summed E-state index contributed by atoms with van der Waals surface area (Å²) in [7, 11) is 0. The molecule has 2 aliphatic heterocycles. The summed E-state index contributed by atoms with van der Waals surface area (Å²) in [6.45, 7) is 5.38. The number of hydrogen-bond donors (Lipinski definition) is 0. The third kappa shape index (κ3) is 5.22. The van der Waals surface area contributed by atoms with E-state index < -0.39 is 5.82 Å². The third-order valence-corrected chi connectivity index (χ3v) is 5.88. The molecule has 2 aliphatic rings. The van der Waals surface area contributed by atoms with E-state index in [-0.39, 0.29) is 31.1 Å². The topological polar surface area (TPSA) is 59.8 Å². The van der Waals surface area contributed by atoms with Crippen molar-refractivity contribution in [3.63, 3.8) is 0 Å². The molecule has 0 unspecified atom stereocenters. The summed E-state index contributed by atoms with van der Waals surface area (Å²) in [6, 6.07) is 14.7. The van der Waals surface area contributed by atoms with Gasteiger partial charge in [0.1, 0.15) is 11.6 Å². The van der Waals surface area contributed by atoms with Crippen LogP contribution >= 0.6 is 0 Å². The zero-order valence-corrected chi connectivity index (χ0v) is 17.6. The minimum atomic E-state index is -0.446. The van der Waals surface area contributed by atoms with Crippen LogP contribution in [0, 0.1) is 17.1 Å². The van der Waals surface area contributed by atoms with Gasteiger partial charge in [0.25, 0.3) is 0 Å². The molecule has 0 radical (unpaired) electrons. The van der Waals surface area contributed by atoms with Crippen LogP contribution < -0.4 is 9.64 Å². The summed E-state index contributed by atoms with van der Waals surface area (Å²) in [4.78, 5) is 18.8. The SMILES string of the molecule is N#CCCN(C(=O)CN1CCN(Cc2ccc3c(c2)CCO3)CC1)c1ccccc1F. The molecule has 2 heterocycles. The highest BCUT2D eigenvalue weighted by molar-refractivity contribution is 5.95. The zero-order valence-electron chi connectivity index (χ0n) is 17.6. The van der Waals surface area contributed by atoms with Crippen LogP contribution in [0.25, 0.3) is 0 Å². The van der Waals surface area contributed by atoms with Crippen molar-refractivity contribution >= 4 is 11.6 Å². The van der Waals surface area contributed by atoms with Gasteiger partial charge in [-0.05, 0) is 29.3 Å². The number of halogens is 1. The number of benzene rings is 2. The summed E-state index contributed by atoms with van der Waals surface area (Å²) >= 11 is 0. The Kier molecular flexibility index (Phi) is 6.80. The van der Waals surface area contributed by atoms with E-state index in [0.29, 0.717) is 0 Å². The number of hydrogen-bond acceptors (Lipinski definition) is 5. The Bertz CT molecular complexity index is 966. The largest absolute Gasteiger partial charge is 0.493 e. The number of nitrogens with zero attached hydrogens (tertiary/aromatic N) is 4. The molecule has 1 saturated heterocycles. The molecule has 0 spiro atoms. The van der Waals surface area contributed by atoms with Gasteiger partial charge in [-0.15, -0.1) is 0 Å². The van der Waals surface area contributed by atoms with Gasteiger partial charge in [0, 0.05) is 45.7 Å². The van der Waals surface area contributed by atoms with E-state index in [0.717, 1.165) is 51.5 Å². The van der Waals surface area contributed by atoms with Crippen LogP contribution in [0.1, 0.15) is 17.5 Å². The van der Waals surface area contributed by atoms with Crippen LogP contribution in [0.5, 0.6) is 5.75 Å². The first-order chi connectivity index (χ1) is 15.1. The molecular weight excluding hydrogens is 395 g/mol. The molecule has 0 saturated carbocycles. The average molecular weight is 423 g/mol. The number of anilines is 1. The molecule has 6 nitrogen and oxygen atoms in total. The first-order valence-electron chi connectivity index (χ1n) is 10.7. The molecule has 0 atom stereocenters. The average Bonchev–Trinajstić information content (AvgIpc) is 3.24. The van der Waals surface area contributed by atoms with Crippen molar-refractivity contribution in [3.8, 4) is 11.8 Å². The first-order valence-corrected chi connectivity index (χ1v) is 10.7. The number of carbonyl (C=O) groups excluding carboxylic acids is 1. The Balaban J connectivity index is 1.31. The monoisotopic (exact) mass is 422 g/mol. The van der Waals surface area contributed by atoms with Crippen LogP contribution in [-0.2, 0) is 17.8 Å². The Labute approximate surface area is 182 Å². The Morgan fingerprint density at radius 1 is 1.13 bits per heavy atom. The molecular formula is C24H27FN4O2. The lowest BCUT2D eigenvalue weighted by Gasteiger charge is -2.35. The number of amides is 1. The van der Waals surface area contributed by atoms with Gasteiger partial charge in [-0.1, -0.05) is 24.3 Å². The van der Waals surface area contributed by atoms with Gasteiger partial charge < -0.3 is 9.64 Å². The fourth-order valence-electron chi connectivity index (χ4n) is 4.19. The Morgan fingerprint density at radius 3 is 2.68 bits per heavy atom. The molecule has 2 aromatic carbocycles. The maximum Gasteiger partial charge on any atom is 0.241 e. The van der Waals surface area contributed by atoms with Crippen LogP contribution in [0.2, 0.25) is 0 Å². The quantitative estimate of drug-likeness (QED) is 0.687. The zero-order chi connectivity index (χ0) is 21.6. The van der Waals surface area contributed by atoms with E-state index in [9.17, 15) is 9.18 Å². The summed E-state index contributed by atoms with van der Waals surface area (Å²) in [5.41, 5.74) is 2.81. The van der Waals surface area contributed by atoms with Gasteiger partial charge in [0.15, 0.2) is 0 Å². The lowest BCUT2D eigenvalue weighted by atomic mass is 10.1. The molecule has 2 aromatic rings. The normalized spacial score (nSPS) is 16.4. The van der Waals surface area contributed by atoms with Gasteiger partial charge in [-0.2, -0.15) is 5.26 Å². The summed E-state index contributed by atoms with van der Waals surface area (Å²) in [5, 5.41) is 8.93. The number of rotatable bonds is 7. The van der Waals surface area contributed by atoms with Gasteiger partial charge in [-0.3, -0.25) is 14.6 Å². The fraction of sp³-hybridized carbons (Fsp3) is 0.417. The molecule has 4 rings (SSSR count). The van der Waals surface area contributed by atoms with Crippen molar-refractivity contribution in [2.75, 3.05) is 50.8 Å². The molecule has 1 fully saturated rings. The van der Waals surface area contributed by atoms with Crippen molar-refractivity contribution in [1.29, 1.82) is 5.26 Å². The molecule has 0 bridgehead atoms. The van der Waals surface area contributed by atoms with Gasteiger partial charge in [0.05, 0.1) is 31.3 Å². The molecule has 0 aliphatic carbocycles. The molecule has 162 valence electrons. The molecule has 1 amide bonds. The highest BCUT2D eigenvalue weighted by atomic mass is 19.1. The predicted octanol–water partition coefficient (Wildman–Crippen LogP) is 2.83. The first kappa shape index (κ1) is 21.3. The summed E-state index contributed by atoms with van der Waals surface area (Å²) in [5.74, 6) is 0.383.